The first kappa shape index (κ1) is 19.0. The molecule has 0 aliphatic carbocycles. The molecular formula is C20H19FN2O3S. The second kappa shape index (κ2) is 7.84. The van der Waals surface area contributed by atoms with Gasteiger partial charge in [-0.3, -0.25) is 9.59 Å². The van der Waals surface area contributed by atoms with E-state index in [0.717, 1.165) is 15.3 Å². The Morgan fingerprint density at radius 2 is 1.93 bits per heavy atom. The summed E-state index contributed by atoms with van der Waals surface area (Å²) in [7, 11) is 1.21. The molecule has 27 heavy (non-hydrogen) atoms. The molecule has 1 N–H and O–H groups in total. The Morgan fingerprint density at radius 1 is 1.19 bits per heavy atom. The highest BCUT2D eigenvalue weighted by Crippen LogP contribution is 2.31. The van der Waals surface area contributed by atoms with E-state index in [2.05, 4.69) is 10.3 Å². The maximum atomic E-state index is 14.1. The molecule has 0 saturated heterocycles. The predicted octanol–water partition coefficient (Wildman–Crippen LogP) is 4.40. The summed E-state index contributed by atoms with van der Waals surface area (Å²) in [5, 5.41) is 3.99. The molecule has 1 aromatic heterocycles. The number of hydrogen-bond acceptors (Lipinski definition) is 6. The Bertz CT molecular complexity index is 1000. The molecule has 0 radical (unpaired) electrons. The van der Waals surface area contributed by atoms with Gasteiger partial charge in [0, 0.05) is 6.04 Å². The van der Waals surface area contributed by atoms with E-state index in [-0.39, 0.29) is 11.6 Å². The highest BCUT2D eigenvalue weighted by atomic mass is 32.1. The zero-order valence-corrected chi connectivity index (χ0v) is 16.0. The fourth-order valence-corrected chi connectivity index (χ4v) is 3.82. The standard InChI is InChI=1S/C20H19FN2O3S/c1-11(2)22-20-23-15-9-8-12(10-16(15)27-20)17(19(25)26-3)18(24)13-6-4-5-7-14(13)21/h4-11,17H,1-3H3,(H,22,23). The highest BCUT2D eigenvalue weighted by molar-refractivity contribution is 7.22. The van der Waals surface area contributed by atoms with E-state index in [4.69, 9.17) is 4.74 Å². The lowest BCUT2D eigenvalue weighted by atomic mass is 9.90. The van der Waals surface area contributed by atoms with Crippen molar-refractivity contribution >= 4 is 38.4 Å². The third-order valence-electron chi connectivity index (χ3n) is 4.00. The number of halogens is 1. The van der Waals surface area contributed by atoms with Crippen LogP contribution in [0, 0.1) is 5.82 Å². The summed E-state index contributed by atoms with van der Waals surface area (Å²) in [5.74, 6) is -3.27. The number of hydrogen-bond donors (Lipinski definition) is 1. The topological polar surface area (TPSA) is 68.3 Å². The normalized spacial score (nSPS) is 12.2. The number of ketones is 1. The minimum absolute atomic E-state index is 0.139. The maximum absolute atomic E-state index is 14.1. The van der Waals surface area contributed by atoms with Crippen molar-refractivity contribution < 1.29 is 18.7 Å². The molecule has 5 nitrogen and oxygen atoms in total. The molecule has 1 unspecified atom stereocenters. The van der Waals surface area contributed by atoms with Gasteiger partial charge in [0.05, 0.1) is 22.9 Å². The molecule has 0 spiro atoms. The van der Waals surface area contributed by atoms with Crippen LogP contribution in [0.25, 0.3) is 10.2 Å². The van der Waals surface area contributed by atoms with Crippen LogP contribution in [0.2, 0.25) is 0 Å². The zero-order valence-electron chi connectivity index (χ0n) is 15.2. The maximum Gasteiger partial charge on any atom is 0.321 e. The largest absolute Gasteiger partial charge is 0.468 e. The van der Waals surface area contributed by atoms with Gasteiger partial charge in [-0.15, -0.1) is 0 Å². The molecule has 0 saturated carbocycles. The third-order valence-corrected chi connectivity index (χ3v) is 4.95. The van der Waals surface area contributed by atoms with Gasteiger partial charge >= 0.3 is 5.97 Å². The summed E-state index contributed by atoms with van der Waals surface area (Å²) < 4.78 is 19.7. The van der Waals surface area contributed by atoms with Crippen LogP contribution in [0.4, 0.5) is 9.52 Å². The number of thiazole rings is 1. The number of nitrogens with zero attached hydrogens (tertiary/aromatic N) is 1. The average molecular weight is 386 g/mol. The predicted molar refractivity (Wildman–Crippen MR) is 104 cm³/mol. The van der Waals surface area contributed by atoms with Gasteiger partial charge in [-0.25, -0.2) is 9.37 Å². The number of fused-ring (bicyclic) bond motifs is 1. The second-order valence-electron chi connectivity index (χ2n) is 6.35. The van der Waals surface area contributed by atoms with Crippen LogP contribution in [-0.2, 0) is 9.53 Å². The van der Waals surface area contributed by atoms with Crippen molar-refractivity contribution in [2.75, 3.05) is 12.4 Å². The Labute approximate surface area is 160 Å². The van der Waals surface area contributed by atoms with Crippen LogP contribution >= 0.6 is 11.3 Å². The number of Topliss-reactive ketones (excluding diaryl/α,β-unsaturated/α-hetero) is 1. The van der Waals surface area contributed by atoms with Crippen molar-refractivity contribution in [2.24, 2.45) is 0 Å². The van der Waals surface area contributed by atoms with Crippen LogP contribution in [0.5, 0.6) is 0 Å². The monoisotopic (exact) mass is 386 g/mol. The first-order chi connectivity index (χ1) is 12.9. The number of carbonyl (C=O) groups is 2. The van der Waals surface area contributed by atoms with Gasteiger partial charge in [0.2, 0.25) is 0 Å². The molecule has 3 rings (SSSR count). The van der Waals surface area contributed by atoms with E-state index < -0.39 is 23.5 Å². The first-order valence-electron chi connectivity index (χ1n) is 8.44. The van der Waals surface area contributed by atoms with Crippen molar-refractivity contribution in [1.82, 2.24) is 4.98 Å². The molecule has 0 bridgehead atoms. The minimum atomic E-state index is -1.24. The Kier molecular flexibility index (Phi) is 5.51. The molecule has 0 aliphatic heterocycles. The number of anilines is 1. The molecule has 0 aliphatic rings. The fourth-order valence-electron chi connectivity index (χ4n) is 2.76. The van der Waals surface area contributed by atoms with E-state index in [1.807, 2.05) is 13.8 Å². The highest BCUT2D eigenvalue weighted by Gasteiger charge is 2.32. The van der Waals surface area contributed by atoms with Crippen molar-refractivity contribution in [3.63, 3.8) is 0 Å². The lowest BCUT2D eigenvalue weighted by Gasteiger charge is -2.14. The Balaban J connectivity index is 2.03. The summed E-state index contributed by atoms with van der Waals surface area (Å²) >= 11 is 1.43. The van der Waals surface area contributed by atoms with Gasteiger partial charge in [0.15, 0.2) is 10.9 Å². The summed E-state index contributed by atoms with van der Waals surface area (Å²) in [4.78, 5) is 29.7. The molecule has 140 valence electrons. The number of esters is 1. The molecule has 1 atom stereocenters. The third kappa shape index (κ3) is 3.98. The summed E-state index contributed by atoms with van der Waals surface area (Å²) in [6.07, 6.45) is 0. The van der Waals surface area contributed by atoms with Gasteiger partial charge in [0.25, 0.3) is 0 Å². The summed E-state index contributed by atoms with van der Waals surface area (Å²) in [6, 6.07) is 11.0. The van der Waals surface area contributed by atoms with Crippen LogP contribution in [0.1, 0.15) is 35.7 Å². The lowest BCUT2D eigenvalue weighted by Crippen LogP contribution is -2.24. The van der Waals surface area contributed by atoms with Crippen molar-refractivity contribution in [3.05, 3.63) is 59.4 Å². The van der Waals surface area contributed by atoms with Crippen molar-refractivity contribution in [1.29, 1.82) is 0 Å². The van der Waals surface area contributed by atoms with E-state index >= 15 is 0 Å². The average Bonchev–Trinajstić information content (AvgIpc) is 3.02. The smallest absolute Gasteiger partial charge is 0.321 e. The molecular weight excluding hydrogens is 367 g/mol. The first-order valence-corrected chi connectivity index (χ1v) is 9.26. The van der Waals surface area contributed by atoms with Crippen LogP contribution in [0.3, 0.4) is 0 Å². The van der Waals surface area contributed by atoms with Crippen LogP contribution in [-0.4, -0.2) is 29.9 Å². The number of aromatic nitrogens is 1. The number of carbonyl (C=O) groups excluding carboxylic acids is 2. The number of benzene rings is 2. The van der Waals surface area contributed by atoms with Gasteiger partial charge < -0.3 is 10.1 Å². The van der Waals surface area contributed by atoms with E-state index in [1.165, 1.54) is 36.6 Å². The number of ether oxygens (including phenoxy) is 1. The van der Waals surface area contributed by atoms with Gasteiger partial charge in [-0.05, 0) is 43.7 Å². The van der Waals surface area contributed by atoms with E-state index in [1.54, 1.807) is 24.3 Å². The van der Waals surface area contributed by atoms with Gasteiger partial charge in [-0.2, -0.15) is 0 Å². The molecule has 7 heteroatoms. The van der Waals surface area contributed by atoms with E-state index in [9.17, 15) is 14.0 Å². The fraction of sp³-hybridized carbons (Fsp3) is 0.250. The Morgan fingerprint density at radius 3 is 2.59 bits per heavy atom. The second-order valence-corrected chi connectivity index (χ2v) is 7.38. The number of rotatable bonds is 6. The quantitative estimate of drug-likeness (QED) is 0.386. The minimum Gasteiger partial charge on any atom is -0.468 e. The molecule has 0 fully saturated rings. The lowest BCUT2D eigenvalue weighted by molar-refractivity contribution is -0.141. The Hall–Kier alpha value is -2.80. The van der Waals surface area contributed by atoms with Crippen LogP contribution < -0.4 is 5.32 Å². The molecule has 2 aromatic carbocycles. The van der Waals surface area contributed by atoms with E-state index in [0.29, 0.717) is 5.56 Å². The molecule has 0 amide bonds. The molecule has 3 aromatic rings. The van der Waals surface area contributed by atoms with Crippen LogP contribution in [0.15, 0.2) is 42.5 Å². The van der Waals surface area contributed by atoms with Crippen molar-refractivity contribution in [2.45, 2.75) is 25.8 Å². The summed E-state index contributed by atoms with van der Waals surface area (Å²) in [6.45, 7) is 4.02. The number of nitrogens with one attached hydrogen (secondary N) is 1. The SMILES string of the molecule is COC(=O)C(C(=O)c1ccccc1F)c1ccc2nc(NC(C)C)sc2c1. The van der Waals surface area contributed by atoms with Gasteiger partial charge in [-0.1, -0.05) is 29.5 Å². The zero-order chi connectivity index (χ0) is 19.6. The van der Waals surface area contributed by atoms with Crippen molar-refractivity contribution in [3.8, 4) is 0 Å². The van der Waals surface area contributed by atoms with Gasteiger partial charge in [0.1, 0.15) is 11.7 Å². The molecule has 1 heterocycles. The number of methoxy groups -OCH3 is 1. The summed E-state index contributed by atoms with van der Waals surface area (Å²) in [5.41, 5.74) is 1.07.